The predicted molar refractivity (Wildman–Crippen MR) is 70.9 cm³/mol. The molecule has 2 heterocycles. The van der Waals surface area contributed by atoms with Crippen LogP contribution in [0.3, 0.4) is 0 Å². The maximum absolute atomic E-state index is 11.3. The smallest absolute Gasteiger partial charge is 0.273 e. The first-order valence-electron chi connectivity index (χ1n) is 5.60. The van der Waals surface area contributed by atoms with Crippen LogP contribution < -0.4 is 5.14 Å². The Morgan fingerprint density at radius 1 is 1.10 bits per heavy atom. The van der Waals surface area contributed by atoms with Gasteiger partial charge in [0.15, 0.2) is 5.82 Å². The Labute approximate surface area is 114 Å². The lowest BCUT2D eigenvalue weighted by molar-refractivity contribution is 0.580. The highest BCUT2D eigenvalue weighted by Gasteiger charge is 2.19. The van der Waals surface area contributed by atoms with Crippen LogP contribution in [0.1, 0.15) is 0 Å². The van der Waals surface area contributed by atoms with Gasteiger partial charge in [-0.2, -0.15) is 0 Å². The maximum atomic E-state index is 11.3. The topological polar surface area (TPSA) is 117 Å². The average Bonchev–Trinajstić information content (AvgIpc) is 2.80. The van der Waals surface area contributed by atoms with Gasteiger partial charge in [0, 0.05) is 25.0 Å². The van der Waals surface area contributed by atoms with E-state index >= 15 is 0 Å². The molecule has 0 saturated heterocycles. The van der Waals surface area contributed by atoms with E-state index in [2.05, 4.69) is 20.2 Å². The van der Waals surface area contributed by atoms with Gasteiger partial charge in [-0.05, 0) is 18.2 Å². The first kappa shape index (κ1) is 12.6. The lowest BCUT2D eigenvalue weighted by Gasteiger charge is -2.03. The molecule has 0 aliphatic heterocycles. The van der Waals surface area contributed by atoms with Gasteiger partial charge in [-0.25, -0.2) is 13.6 Å². The molecule has 0 amide bonds. The van der Waals surface area contributed by atoms with E-state index in [-0.39, 0.29) is 5.16 Å². The van der Waals surface area contributed by atoms with E-state index in [0.717, 1.165) is 5.52 Å². The number of fused-ring (bicyclic) bond motifs is 1. The van der Waals surface area contributed by atoms with Crippen molar-refractivity contribution in [2.75, 3.05) is 0 Å². The van der Waals surface area contributed by atoms with Crippen molar-refractivity contribution in [1.29, 1.82) is 0 Å². The van der Waals surface area contributed by atoms with Crippen LogP contribution in [-0.2, 0) is 17.1 Å². The van der Waals surface area contributed by atoms with Crippen molar-refractivity contribution in [3.63, 3.8) is 0 Å². The lowest BCUT2D eigenvalue weighted by atomic mass is 10.2. The van der Waals surface area contributed by atoms with Crippen molar-refractivity contribution in [1.82, 2.24) is 24.7 Å². The van der Waals surface area contributed by atoms with Gasteiger partial charge >= 0.3 is 0 Å². The SMILES string of the molecule is Cn1c(-c2ccc3nccnc3c2)nnc1S(N)(=O)=O. The normalized spacial score (nSPS) is 11.9. The molecule has 9 heteroatoms. The molecule has 0 aliphatic rings. The van der Waals surface area contributed by atoms with Gasteiger partial charge in [0.2, 0.25) is 0 Å². The molecule has 102 valence electrons. The van der Waals surface area contributed by atoms with Crippen molar-refractivity contribution < 1.29 is 8.42 Å². The fourth-order valence-corrected chi connectivity index (χ4v) is 2.54. The molecule has 2 aromatic heterocycles. The van der Waals surface area contributed by atoms with Gasteiger partial charge in [-0.15, -0.1) is 10.2 Å². The summed E-state index contributed by atoms with van der Waals surface area (Å²) in [6.45, 7) is 0. The zero-order valence-corrected chi connectivity index (χ0v) is 11.2. The second kappa shape index (κ2) is 4.32. The molecule has 0 atom stereocenters. The summed E-state index contributed by atoms with van der Waals surface area (Å²) in [4.78, 5) is 8.35. The van der Waals surface area contributed by atoms with Gasteiger partial charge in [0.25, 0.3) is 15.2 Å². The molecule has 3 rings (SSSR count). The van der Waals surface area contributed by atoms with E-state index in [0.29, 0.717) is 16.9 Å². The van der Waals surface area contributed by atoms with Gasteiger partial charge in [0.1, 0.15) is 0 Å². The molecule has 0 bridgehead atoms. The lowest BCUT2D eigenvalue weighted by Crippen LogP contribution is -2.17. The molecular weight excluding hydrogens is 280 g/mol. The third-order valence-corrected chi connectivity index (χ3v) is 3.68. The average molecular weight is 290 g/mol. The molecule has 0 fully saturated rings. The number of aromatic nitrogens is 5. The Kier molecular flexibility index (Phi) is 2.73. The van der Waals surface area contributed by atoms with Crippen LogP contribution in [-0.4, -0.2) is 33.2 Å². The van der Waals surface area contributed by atoms with Gasteiger partial charge < -0.3 is 0 Å². The van der Waals surface area contributed by atoms with Crippen molar-refractivity contribution in [2.24, 2.45) is 12.2 Å². The Morgan fingerprint density at radius 2 is 1.80 bits per heavy atom. The molecular formula is C11H10N6O2S. The largest absolute Gasteiger partial charge is 0.300 e. The quantitative estimate of drug-likeness (QED) is 0.714. The molecule has 0 aliphatic carbocycles. The summed E-state index contributed by atoms with van der Waals surface area (Å²) >= 11 is 0. The van der Waals surface area contributed by atoms with E-state index in [9.17, 15) is 8.42 Å². The summed E-state index contributed by atoms with van der Waals surface area (Å²) in [5, 5.41) is 12.3. The molecule has 0 radical (unpaired) electrons. The summed E-state index contributed by atoms with van der Waals surface area (Å²) in [5.41, 5.74) is 2.11. The third-order valence-electron chi connectivity index (χ3n) is 2.82. The van der Waals surface area contributed by atoms with E-state index < -0.39 is 10.0 Å². The van der Waals surface area contributed by atoms with E-state index in [1.165, 1.54) is 11.6 Å². The van der Waals surface area contributed by atoms with Crippen LogP contribution in [0.25, 0.3) is 22.4 Å². The number of nitrogens with zero attached hydrogens (tertiary/aromatic N) is 5. The predicted octanol–water partition coefficient (Wildman–Crippen LogP) is 0.0727. The van der Waals surface area contributed by atoms with E-state index in [4.69, 9.17) is 5.14 Å². The van der Waals surface area contributed by atoms with E-state index in [1.54, 1.807) is 30.6 Å². The van der Waals surface area contributed by atoms with Crippen molar-refractivity contribution in [2.45, 2.75) is 5.16 Å². The molecule has 20 heavy (non-hydrogen) atoms. The Balaban J connectivity index is 2.19. The molecule has 0 spiro atoms. The van der Waals surface area contributed by atoms with E-state index in [1.807, 2.05) is 0 Å². The fourth-order valence-electron chi connectivity index (χ4n) is 1.92. The molecule has 8 nitrogen and oxygen atoms in total. The summed E-state index contributed by atoms with van der Waals surface area (Å²) in [6.07, 6.45) is 3.18. The monoisotopic (exact) mass is 290 g/mol. The zero-order valence-electron chi connectivity index (χ0n) is 10.4. The van der Waals surface area contributed by atoms with Crippen LogP contribution in [0, 0.1) is 0 Å². The summed E-state index contributed by atoms with van der Waals surface area (Å²) in [6, 6.07) is 5.32. The minimum Gasteiger partial charge on any atom is -0.300 e. The number of primary sulfonamides is 1. The highest BCUT2D eigenvalue weighted by atomic mass is 32.2. The van der Waals surface area contributed by atoms with Crippen LogP contribution in [0.5, 0.6) is 0 Å². The summed E-state index contributed by atoms with van der Waals surface area (Å²) in [5.74, 6) is 0.390. The summed E-state index contributed by atoms with van der Waals surface area (Å²) < 4.78 is 24.0. The molecule has 1 aromatic carbocycles. The number of benzene rings is 1. The molecule has 0 unspecified atom stereocenters. The van der Waals surface area contributed by atoms with Crippen LogP contribution in [0.2, 0.25) is 0 Å². The molecule has 2 N–H and O–H groups in total. The second-order valence-corrected chi connectivity index (χ2v) is 5.63. The van der Waals surface area contributed by atoms with Gasteiger partial charge in [-0.3, -0.25) is 14.5 Å². The number of hydrogen-bond donors (Lipinski definition) is 1. The molecule has 3 aromatic rings. The fraction of sp³-hybridized carbons (Fsp3) is 0.0909. The number of sulfonamides is 1. The second-order valence-electron chi connectivity index (χ2n) is 4.17. The first-order valence-corrected chi connectivity index (χ1v) is 7.15. The Bertz CT molecular complexity index is 902. The number of rotatable bonds is 2. The minimum atomic E-state index is -3.90. The van der Waals surface area contributed by atoms with Crippen molar-refractivity contribution >= 4 is 21.1 Å². The Morgan fingerprint density at radius 3 is 2.45 bits per heavy atom. The minimum absolute atomic E-state index is 0.285. The highest BCUT2D eigenvalue weighted by molar-refractivity contribution is 7.89. The van der Waals surface area contributed by atoms with Crippen LogP contribution >= 0.6 is 0 Å². The summed E-state index contributed by atoms with van der Waals surface area (Å²) in [7, 11) is -2.36. The highest BCUT2D eigenvalue weighted by Crippen LogP contribution is 2.21. The Hall–Kier alpha value is -2.39. The maximum Gasteiger partial charge on any atom is 0.273 e. The molecule has 0 saturated carbocycles. The van der Waals surface area contributed by atoms with Crippen LogP contribution in [0.15, 0.2) is 35.7 Å². The number of hydrogen-bond acceptors (Lipinski definition) is 6. The van der Waals surface area contributed by atoms with Crippen molar-refractivity contribution in [3.05, 3.63) is 30.6 Å². The standard InChI is InChI=1S/C11H10N6O2S/c1-17-10(15-16-11(17)20(12,18)19)7-2-3-8-9(6-7)14-5-4-13-8/h2-6H,1H3,(H2,12,18,19). The van der Waals surface area contributed by atoms with Crippen molar-refractivity contribution in [3.8, 4) is 11.4 Å². The third kappa shape index (κ3) is 2.02. The number of nitrogens with two attached hydrogens (primary N) is 1. The van der Waals surface area contributed by atoms with Crippen LogP contribution in [0.4, 0.5) is 0 Å². The van der Waals surface area contributed by atoms with Gasteiger partial charge in [0.05, 0.1) is 11.0 Å². The zero-order chi connectivity index (χ0) is 14.3. The van der Waals surface area contributed by atoms with Gasteiger partial charge in [-0.1, -0.05) is 0 Å². The first-order chi connectivity index (χ1) is 9.47.